The van der Waals surface area contributed by atoms with Crippen molar-refractivity contribution in [1.29, 1.82) is 0 Å². The second kappa shape index (κ2) is 3.01. The smallest absolute Gasteiger partial charge is 0.237 e. The molecular weight excluding hydrogens is 128 g/mol. The Morgan fingerprint density at radius 3 is 2.00 bits per heavy atom. The zero-order chi connectivity index (χ0) is 8.36. The summed E-state index contributed by atoms with van der Waals surface area (Å²) in [6.07, 6.45) is 0. The van der Waals surface area contributed by atoms with Crippen molar-refractivity contribution in [3.8, 4) is 0 Å². The topological polar surface area (TPSA) is 55.1 Å². The Balaban J connectivity index is 4.08. The minimum Gasteiger partial charge on any atom is -0.358 e. The van der Waals surface area contributed by atoms with Gasteiger partial charge in [0.05, 0.1) is 6.04 Å². The highest BCUT2D eigenvalue weighted by molar-refractivity contribution is 5.81. The van der Waals surface area contributed by atoms with Crippen LogP contribution in [0.5, 0.6) is 0 Å². The summed E-state index contributed by atoms with van der Waals surface area (Å²) in [4.78, 5) is 10.9. The van der Waals surface area contributed by atoms with Crippen molar-refractivity contribution >= 4 is 5.91 Å². The third-order valence-corrected chi connectivity index (χ3v) is 1.46. The van der Waals surface area contributed by atoms with E-state index in [-0.39, 0.29) is 11.3 Å². The summed E-state index contributed by atoms with van der Waals surface area (Å²) in [6.45, 7) is 5.81. The highest BCUT2D eigenvalue weighted by Gasteiger charge is 2.26. The molecule has 0 fully saturated rings. The molecule has 0 rings (SSSR count). The van der Waals surface area contributed by atoms with Crippen molar-refractivity contribution in [2.75, 3.05) is 7.05 Å². The van der Waals surface area contributed by atoms with Gasteiger partial charge in [0.2, 0.25) is 5.91 Å². The van der Waals surface area contributed by atoms with Gasteiger partial charge in [-0.3, -0.25) is 4.79 Å². The van der Waals surface area contributed by atoms with Gasteiger partial charge in [0.15, 0.2) is 0 Å². The van der Waals surface area contributed by atoms with E-state index >= 15 is 0 Å². The number of likely N-dealkylation sites (N-methyl/N-ethyl adjacent to an activating group) is 1. The summed E-state index contributed by atoms with van der Waals surface area (Å²) in [6, 6.07) is -0.419. The molecule has 0 heterocycles. The molecule has 0 saturated heterocycles. The molecule has 3 heteroatoms. The van der Waals surface area contributed by atoms with Crippen LogP contribution in [0.25, 0.3) is 0 Å². The Morgan fingerprint density at radius 2 is 1.90 bits per heavy atom. The minimum absolute atomic E-state index is 0.104. The number of carbonyl (C=O) groups is 1. The lowest BCUT2D eigenvalue weighted by Gasteiger charge is -2.24. The van der Waals surface area contributed by atoms with Crippen LogP contribution in [0.1, 0.15) is 20.8 Å². The summed E-state index contributed by atoms with van der Waals surface area (Å²) in [7, 11) is 1.59. The normalized spacial score (nSPS) is 14.5. The number of nitrogens with two attached hydrogens (primary N) is 1. The molecule has 0 aliphatic rings. The van der Waals surface area contributed by atoms with Gasteiger partial charge in [0.1, 0.15) is 0 Å². The molecule has 0 aromatic rings. The Kier molecular flexibility index (Phi) is 2.84. The molecule has 0 radical (unpaired) electrons. The van der Waals surface area contributed by atoms with Crippen molar-refractivity contribution in [1.82, 2.24) is 5.32 Å². The van der Waals surface area contributed by atoms with Crippen molar-refractivity contribution in [3.05, 3.63) is 0 Å². The van der Waals surface area contributed by atoms with Gasteiger partial charge >= 0.3 is 0 Å². The first-order valence-corrected chi connectivity index (χ1v) is 3.36. The van der Waals surface area contributed by atoms with Crippen LogP contribution in [0.15, 0.2) is 0 Å². The molecule has 3 N–H and O–H groups in total. The lowest BCUT2D eigenvalue weighted by atomic mass is 9.87. The predicted octanol–water partition coefficient (Wildman–Crippen LogP) is 0.106. The highest BCUT2D eigenvalue weighted by atomic mass is 16.2. The molecule has 0 bridgehead atoms. The second-order valence-corrected chi connectivity index (χ2v) is 3.46. The van der Waals surface area contributed by atoms with Gasteiger partial charge < -0.3 is 11.1 Å². The van der Waals surface area contributed by atoms with E-state index in [0.717, 1.165) is 0 Å². The van der Waals surface area contributed by atoms with E-state index in [1.54, 1.807) is 7.05 Å². The lowest BCUT2D eigenvalue weighted by Crippen LogP contribution is -2.47. The van der Waals surface area contributed by atoms with Crippen LogP contribution in [-0.4, -0.2) is 19.0 Å². The highest BCUT2D eigenvalue weighted by Crippen LogP contribution is 2.16. The largest absolute Gasteiger partial charge is 0.358 e. The Bertz CT molecular complexity index is 126. The molecule has 10 heavy (non-hydrogen) atoms. The van der Waals surface area contributed by atoms with Crippen LogP contribution in [0.4, 0.5) is 0 Å². The first kappa shape index (κ1) is 9.43. The van der Waals surface area contributed by atoms with Crippen molar-refractivity contribution in [2.24, 2.45) is 11.1 Å². The molecule has 0 aromatic heterocycles. The van der Waals surface area contributed by atoms with Gasteiger partial charge in [-0.15, -0.1) is 0 Å². The Labute approximate surface area is 62.0 Å². The lowest BCUT2D eigenvalue weighted by molar-refractivity contribution is -0.123. The molecule has 60 valence electrons. The summed E-state index contributed by atoms with van der Waals surface area (Å²) in [5.41, 5.74) is 5.44. The van der Waals surface area contributed by atoms with E-state index in [1.165, 1.54) is 0 Å². The third-order valence-electron chi connectivity index (χ3n) is 1.46. The van der Waals surface area contributed by atoms with Gasteiger partial charge in [-0.25, -0.2) is 0 Å². The average Bonchev–Trinajstić information content (AvgIpc) is 1.83. The molecule has 0 saturated carbocycles. The van der Waals surface area contributed by atoms with Gasteiger partial charge in [-0.2, -0.15) is 0 Å². The van der Waals surface area contributed by atoms with Crippen LogP contribution in [0.3, 0.4) is 0 Å². The SMILES string of the molecule is CNC(=O)[C@@H](N)C(C)(C)C. The number of amides is 1. The number of hydrogen-bond donors (Lipinski definition) is 2. The zero-order valence-corrected chi connectivity index (χ0v) is 7.06. The van der Waals surface area contributed by atoms with Crippen molar-refractivity contribution in [2.45, 2.75) is 26.8 Å². The summed E-state index contributed by atoms with van der Waals surface area (Å²) in [5.74, 6) is -0.104. The Hall–Kier alpha value is -0.570. The van der Waals surface area contributed by atoms with Gasteiger partial charge in [-0.05, 0) is 5.41 Å². The number of rotatable bonds is 1. The molecule has 0 aromatic carbocycles. The quantitative estimate of drug-likeness (QED) is 0.548. The molecule has 1 atom stereocenters. The van der Waals surface area contributed by atoms with Gasteiger partial charge in [0, 0.05) is 7.05 Å². The summed E-state index contributed by atoms with van der Waals surface area (Å²) < 4.78 is 0. The van der Waals surface area contributed by atoms with E-state index in [9.17, 15) is 4.79 Å². The van der Waals surface area contributed by atoms with Crippen LogP contribution < -0.4 is 11.1 Å². The van der Waals surface area contributed by atoms with Crippen LogP contribution >= 0.6 is 0 Å². The average molecular weight is 144 g/mol. The summed E-state index contributed by atoms with van der Waals surface area (Å²) in [5, 5.41) is 2.51. The fraction of sp³-hybridized carbons (Fsp3) is 0.857. The fourth-order valence-corrected chi connectivity index (χ4v) is 0.549. The first-order chi connectivity index (χ1) is 4.39. The molecule has 3 nitrogen and oxygen atoms in total. The maximum atomic E-state index is 10.9. The van der Waals surface area contributed by atoms with E-state index in [4.69, 9.17) is 5.73 Å². The van der Waals surface area contributed by atoms with E-state index in [1.807, 2.05) is 20.8 Å². The van der Waals surface area contributed by atoms with Crippen molar-refractivity contribution in [3.63, 3.8) is 0 Å². The fourth-order valence-electron chi connectivity index (χ4n) is 0.549. The second-order valence-electron chi connectivity index (χ2n) is 3.46. The standard InChI is InChI=1S/C7H16N2O/c1-7(2,3)5(8)6(10)9-4/h5H,8H2,1-4H3,(H,9,10)/t5-/m1/s1. The van der Waals surface area contributed by atoms with E-state index in [0.29, 0.717) is 0 Å². The molecule has 1 amide bonds. The van der Waals surface area contributed by atoms with Crippen LogP contribution in [0, 0.1) is 5.41 Å². The molecule has 0 aliphatic heterocycles. The molecular formula is C7H16N2O. The molecule has 0 aliphatic carbocycles. The Morgan fingerprint density at radius 1 is 1.50 bits per heavy atom. The van der Waals surface area contributed by atoms with Gasteiger partial charge in [0.25, 0.3) is 0 Å². The maximum absolute atomic E-state index is 10.9. The number of hydrogen-bond acceptors (Lipinski definition) is 2. The van der Waals surface area contributed by atoms with Crippen molar-refractivity contribution < 1.29 is 4.79 Å². The zero-order valence-electron chi connectivity index (χ0n) is 7.06. The van der Waals surface area contributed by atoms with E-state index < -0.39 is 6.04 Å². The number of carbonyl (C=O) groups excluding carboxylic acids is 1. The monoisotopic (exact) mass is 144 g/mol. The van der Waals surface area contributed by atoms with Gasteiger partial charge in [-0.1, -0.05) is 20.8 Å². The molecule has 0 spiro atoms. The molecule has 0 unspecified atom stereocenters. The minimum atomic E-state index is -0.419. The maximum Gasteiger partial charge on any atom is 0.237 e. The van der Waals surface area contributed by atoms with Crippen LogP contribution in [0.2, 0.25) is 0 Å². The van der Waals surface area contributed by atoms with E-state index in [2.05, 4.69) is 5.32 Å². The van der Waals surface area contributed by atoms with Crippen LogP contribution in [-0.2, 0) is 4.79 Å². The first-order valence-electron chi connectivity index (χ1n) is 3.36. The predicted molar refractivity (Wildman–Crippen MR) is 41.5 cm³/mol. The number of nitrogens with one attached hydrogen (secondary N) is 1. The summed E-state index contributed by atoms with van der Waals surface area (Å²) >= 11 is 0. The third kappa shape index (κ3) is 2.35.